The Morgan fingerprint density at radius 3 is 2.77 bits per heavy atom. The maximum atomic E-state index is 5.67. The van der Waals surface area contributed by atoms with E-state index in [0.717, 1.165) is 11.3 Å². The van der Waals surface area contributed by atoms with Crippen molar-refractivity contribution >= 4 is 11.4 Å². The number of anilines is 1. The minimum Gasteiger partial charge on any atom is -0.495 e. The van der Waals surface area contributed by atoms with Gasteiger partial charge >= 0.3 is 0 Å². The molecular formula is C10H14N2O. The smallest absolute Gasteiger partial charge is 0.142 e. The molecule has 0 radical (unpaired) electrons. The summed E-state index contributed by atoms with van der Waals surface area (Å²) in [7, 11) is 3.42. The Morgan fingerprint density at radius 1 is 1.54 bits per heavy atom. The molecule has 13 heavy (non-hydrogen) atoms. The quantitative estimate of drug-likeness (QED) is 0.689. The van der Waals surface area contributed by atoms with Crippen molar-refractivity contribution in [1.29, 1.82) is 0 Å². The Hall–Kier alpha value is -1.64. The van der Waals surface area contributed by atoms with Crippen LogP contribution in [0.15, 0.2) is 24.8 Å². The van der Waals surface area contributed by atoms with Gasteiger partial charge in [-0.1, -0.05) is 12.6 Å². The van der Waals surface area contributed by atoms with Crippen molar-refractivity contribution in [2.45, 2.75) is 0 Å². The second-order valence-corrected chi connectivity index (χ2v) is 2.69. The predicted molar refractivity (Wildman–Crippen MR) is 55.5 cm³/mol. The molecule has 3 heteroatoms. The molecule has 1 rings (SSSR count). The minimum absolute atomic E-state index is 0.634. The highest BCUT2D eigenvalue weighted by Crippen LogP contribution is 2.24. The van der Waals surface area contributed by atoms with Crippen LogP contribution < -0.4 is 15.8 Å². The fraction of sp³-hybridized carbons (Fsp3) is 0.200. The average Bonchev–Trinajstić information content (AvgIpc) is 2.17. The lowest BCUT2D eigenvalue weighted by Crippen LogP contribution is -2.03. The first-order valence-electron chi connectivity index (χ1n) is 3.99. The van der Waals surface area contributed by atoms with Gasteiger partial charge in [-0.25, -0.2) is 0 Å². The number of rotatable bonds is 3. The van der Waals surface area contributed by atoms with Crippen LogP contribution in [0.1, 0.15) is 5.56 Å². The highest BCUT2D eigenvalue weighted by molar-refractivity contribution is 5.67. The predicted octanol–water partition coefficient (Wildman–Crippen LogP) is 1.47. The first kappa shape index (κ1) is 9.45. The number of ether oxygens (including phenoxy) is 1. The van der Waals surface area contributed by atoms with Crippen LogP contribution in [0.5, 0.6) is 5.75 Å². The van der Waals surface area contributed by atoms with E-state index in [1.807, 2.05) is 19.2 Å². The zero-order chi connectivity index (χ0) is 9.84. The van der Waals surface area contributed by atoms with Crippen LogP contribution in [0.2, 0.25) is 0 Å². The molecule has 0 unspecified atom stereocenters. The number of hydrogen-bond acceptors (Lipinski definition) is 3. The molecule has 70 valence electrons. The summed E-state index contributed by atoms with van der Waals surface area (Å²) in [6.07, 6.45) is 0. The summed E-state index contributed by atoms with van der Waals surface area (Å²) in [4.78, 5) is 0. The first-order valence-corrected chi connectivity index (χ1v) is 3.99. The van der Waals surface area contributed by atoms with Gasteiger partial charge in [0.05, 0.1) is 12.8 Å². The monoisotopic (exact) mass is 178 g/mol. The van der Waals surface area contributed by atoms with Crippen LogP contribution in [-0.4, -0.2) is 14.2 Å². The molecule has 1 aromatic rings. The van der Waals surface area contributed by atoms with Gasteiger partial charge in [-0.15, -0.1) is 0 Å². The lowest BCUT2D eigenvalue weighted by atomic mass is 10.1. The normalized spacial score (nSPS) is 9.38. The molecule has 0 saturated heterocycles. The van der Waals surface area contributed by atoms with Crippen molar-refractivity contribution in [2.24, 2.45) is 0 Å². The van der Waals surface area contributed by atoms with Crippen molar-refractivity contribution in [3.05, 3.63) is 30.3 Å². The van der Waals surface area contributed by atoms with Gasteiger partial charge in [0.2, 0.25) is 0 Å². The summed E-state index contributed by atoms with van der Waals surface area (Å²) in [5.74, 6) is 0.675. The highest BCUT2D eigenvalue weighted by Gasteiger charge is 2.02. The molecule has 0 amide bonds. The van der Waals surface area contributed by atoms with Gasteiger partial charge in [0.15, 0.2) is 0 Å². The van der Waals surface area contributed by atoms with Crippen LogP contribution in [0.25, 0.3) is 5.70 Å². The van der Waals surface area contributed by atoms with E-state index in [-0.39, 0.29) is 0 Å². The van der Waals surface area contributed by atoms with Gasteiger partial charge < -0.3 is 15.8 Å². The van der Waals surface area contributed by atoms with Gasteiger partial charge in [-0.05, 0) is 12.1 Å². The molecule has 0 fully saturated rings. The molecule has 3 N–H and O–H groups in total. The van der Waals surface area contributed by atoms with E-state index in [1.165, 1.54) is 0 Å². The van der Waals surface area contributed by atoms with Crippen LogP contribution in [0.3, 0.4) is 0 Å². The Morgan fingerprint density at radius 2 is 2.23 bits per heavy atom. The molecule has 0 bridgehead atoms. The van der Waals surface area contributed by atoms with Crippen LogP contribution in [0.4, 0.5) is 5.69 Å². The number of benzene rings is 1. The molecule has 3 nitrogen and oxygen atoms in total. The first-order chi connectivity index (χ1) is 6.19. The van der Waals surface area contributed by atoms with Crippen LogP contribution in [0, 0.1) is 0 Å². The van der Waals surface area contributed by atoms with Gasteiger partial charge in [-0.3, -0.25) is 0 Å². The zero-order valence-electron chi connectivity index (χ0n) is 7.92. The van der Waals surface area contributed by atoms with E-state index >= 15 is 0 Å². The molecule has 0 aliphatic heterocycles. The zero-order valence-corrected chi connectivity index (χ0v) is 7.92. The van der Waals surface area contributed by atoms with E-state index in [9.17, 15) is 0 Å². The lowest BCUT2D eigenvalue weighted by Gasteiger charge is -2.08. The molecule has 0 heterocycles. The number of nitrogens with two attached hydrogens (primary N) is 1. The second-order valence-electron chi connectivity index (χ2n) is 2.69. The summed E-state index contributed by atoms with van der Waals surface area (Å²) in [6.45, 7) is 3.84. The molecule has 0 aromatic heterocycles. The van der Waals surface area contributed by atoms with E-state index in [2.05, 4.69) is 11.9 Å². The molecular weight excluding hydrogens is 164 g/mol. The minimum atomic E-state index is 0.634. The number of methoxy groups -OCH3 is 1. The van der Waals surface area contributed by atoms with Crippen LogP contribution in [-0.2, 0) is 0 Å². The number of nitrogen functional groups attached to an aromatic ring is 1. The molecule has 0 aliphatic rings. The lowest BCUT2D eigenvalue weighted by molar-refractivity contribution is 0.417. The van der Waals surface area contributed by atoms with Crippen molar-refractivity contribution in [2.75, 3.05) is 19.9 Å². The van der Waals surface area contributed by atoms with E-state index in [4.69, 9.17) is 10.5 Å². The largest absolute Gasteiger partial charge is 0.495 e. The third-order valence-corrected chi connectivity index (χ3v) is 1.88. The van der Waals surface area contributed by atoms with Gasteiger partial charge in [0.25, 0.3) is 0 Å². The maximum absolute atomic E-state index is 5.67. The second kappa shape index (κ2) is 3.85. The van der Waals surface area contributed by atoms with Gasteiger partial charge in [-0.2, -0.15) is 0 Å². The standard InChI is InChI=1S/C10H14N2O/c1-7(12-2)8-4-5-9(11)10(6-8)13-3/h4-6,12H,1,11H2,2-3H3. The summed E-state index contributed by atoms with van der Waals surface area (Å²) >= 11 is 0. The summed E-state index contributed by atoms with van der Waals surface area (Å²) in [6, 6.07) is 5.56. The van der Waals surface area contributed by atoms with Crippen molar-refractivity contribution < 1.29 is 4.74 Å². The Bertz CT molecular complexity index is 321. The van der Waals surface area contributed by atoms with Gasteiger partial charge in [0.1, 0.15) is 5.75 Å². The van der Waals surface area contributed by atoms with Crippen LogP contribution >= 0.6 is 0 Å². The van der Waals surface area contributed by atoms with Crippen molar-refractivity contribution in [3.63, 3.8) is 0 Å². The Balaban J connectivity index is 3.06. The molecule has 1 aromatic carbocycles. The molecule has 0 saturated carbocycles. The topological polar surface area (TPSA) is 47.3 Å². The molecule has 0 atom stereocenters. The summed E-state index contributed by atoms with van der Waals surface area (Å²) < 4.78 is 5.09. The van der Waals surface area contributed by atoms with Gasteiger partial charge in [0, 0.05) is 18.3 Å². The third-order valence-electron chi connectivity index (χ3n) is 1.88. The Labute approximate surface area is 78.2 Å². The Kier molecular flexibility index (Phi) is 2.80. The fourth-order valence-corrected chi connectivity index (χ4v) is 1.04. The van der Waals surface area contributed by atoms with Crippen molar-refractivity contribution in [1.82, 2.24) is 5.32 Å². The summed E-state index contributed by atoms with van der Waals surface area (Å²) in [5, 5.41) is 2.96. The van der Waals surface area contributed by atoms with E-state index in [1.54, 1.807) is 13.2 Å². The molecule has 0 aliphatic carbocycles. The number of hydrogen-bond donors (Lipinski definition) is 2. The highest BCUT2D eigenvalue weighted by atomic mass is 16.5. The number of nitrogens with one attached hydrogen (secondary N) is 1. The molecule has 0 spiro atoms. The summed E-state index contributed by atoms with van der Waals surface area (Å²) in [5.41, 5.74) is 8.13. The van der Waals surface area contributed by atoms with E-state index < -0.39 is 0 Å². The van der Waals surface area contributed by atoms with Crippen molar-refractivity contribution in [3.8, 4) is 5.75 Å². The van der Waals surface area contributed by atoms with E-state index in [0.29, 0.717) is 11.4 Å². The fourth-order valence-electron chi connectivity index (χ4n) is 1.04. The maximum Gasteiger partial charge on any atom is 0.142 e. The average molecular weight is 178 g/mol. The SMILES string of the molecule is C=C(NC)c1ccc(N)c(OC)c1. The third kappa shape index (κ3) is 1.93.